The summed E-state index contributed by atoms with van der Waals surface area (Å²) in [7, 11) is 4.05. The number of aromatic nitrogens is 1. The Morgan fingerprint density at radius 3 is 2.77 bits per heavy atom. The number of halogens is 2. The molecule has 5 nitrogen and oxygen atoms in total. The molecule has 1 aliphatic rings. The fraction of sp³-hybridized carbons (Fsp3) is 0.273. The molecule has 1 fully saturated rings. The van der Waals surface area contributed by atoms with Crippen LogP contribution < -0.4 is 5.32 Å². The highest BCUT2D eigenvalue weighted by Gasteiger charge is 2.41. The first-order valence-corrected chi connectivity index (χ1v) is 10.8. The smallest absolute Gasteiger partial charge is 0.170 e. The molecule has 0 aliphatic carbocycles. The first-order chi connectivity index (χ1) is 14.4. The largest absolute Gasteiger partial charge is 0.459 e. The van der Waals surface area contributed by atoms with Gasteiger partial charge in [0.25, 0.3) is 0 Å². The molecule has 30 heavy (non-hydrogen) atoms. The van der Waals surface area contributed by atoms with Crippen LogP contribution in [0.4, 0.5) is 4.39 Å². The molecule has 8 heteroatoms. The maximum atomic E-state index is 14.5. The molecule has 3 heterocycles. The van der Waals surface area contributed by atoms with Crippen molar-refractivity contribution in [3.8, 4) is 11.3 Å². The van der Waals surface area contributed by atoms with Gasteiger partial charge in [-0.05, 0) is 68.8 Å². The summed E-state index contributed by atoms with van der Waals surface area (Å²) in [5.74, 6) is 0.866. The van der Waals surface area contributed by atoms with Crippen molar-refractivity contribution in [2.75, 3.05) is 27.2 Å². The van der Waals surface area contributed by atoms with E-state index in [0.717, 1.165) is 18.8 Å². The monoisotopic (exact) mass is 488 g/mol. The van der Waals surface area contributed by atoms with Crippen LogP contribution >= 0.6 is 28.1 Å². The van der Waals surface area contributed by atoms with E-state index in [1.54, 1.807) is 18.3 Å². The lowest BCUT2D eigenvalue weighted by Gasteiger charge is -2.27. The SMILES string of the molecule is CN(C)CCN1C(=S)NC(c2ccccn2)C1c1ccc(-c2ccc(Br)cc2F)o1. The molecule has 0 amide bonds. The molecule has 0 radical (unpaired) electrons. The zero-order chi connectivity index (χ0) is 21.3. The Hall–Kier alpha value is -2.29. The molecule has 1 saturated heterocycles. The van der Waals surface area contributed by atoms with E-state index in [9.17, 15) is 4.39 Å². The fourth-order valence-electron chi connectivity index (χ4n) is 3.61. The van der Waals surface area contributed by atoms with Crippen LogP contribution in [-0.4, -0.2) is 47.1 Å². The van der Waals surface area contributed by atoms with Crippen molar-refractivity contribution in [1.29, 1.82) is 0 Å². The van der Waals surface area contributed by atoms with Gasteiger partial charge in [-0.1, -0.05) is 22.0 Å². The van der Waals surface area contributed by atoms with Crippen LogP contribution in [0.5, 0.6) is 0 Å². The lowest BCUT2D eigenvalue weighted by molar-refractivity contribution is 0.250. The van der Waals surface area contributed by atoms with Gasteiger partial charge in [0.2, 0.25) is 0 Å². The van der Waals surface area contributed by atoms with Gasteiger partial charge in [0, 0.05) is 23.8 Å². The quantitative estimate of drug-likeness (QED) is 0.503. The van der Waals surface area contributed by atoms with E-state index in [1.165, 1.54) is 6.07 Å². The van der Waals surface area contributed by atoms with E-state index in [1.807, 2.05) is 44.4 Å². The molecule has 2 unspecified atom stereocenters. The van der Waals surface area contributed by atoms with E-state index in [-0.39, 0.29) is 17.9 Å². The van der Waals surface area contributed by atoms with E-state index in [4.69, 9.17) is 16.6 Å². The van der Waals surface area contributed by atoms with Gasteiger partial charge in [-0.15, -0.1) is 0 Å². The molecule has 156 valence electrons. The van der Waals surface area contributed by atoms with E-state index < -0.39 is 0 Å². The average Bonchev–Trinajstić information content (AvgIpc) is 3.31. The Labute approximate surface area is 189 Å². The Bertz CT molecular complexity index is 1040. The molecule has 1 aliphatic heterocycles. The highest BCUT2D eigenvalue weighted by Crippen LogP contribution is 2.40. The number of rotatable bonds is 6. The van der Waals surface area contributed by atoms with Crippen molar-refractivity contribution in [1.82, 2.24) is 20.1 Å². The minimum Gasteiger partial charge on any atom is -0.459 e. The second-order valence-electron chi connectivity index (χ2n) is 7.45. The summed E-state index contributed by atoms with van der Waals surface area (Å²) in [5.41, 5.74) is 1.30. The third-order valence-corrected chi connectivity index (χ3v) is 5.95. The Morgan fingerprint density at radius 1 is 1.23 bits per heavy atom. The van der Waals surface area contributed by atoms with E-state index in [2.05, 4.69) is 36.0 Å². The van der Waals surface area contributed by atoms with Crippen molar-refractivity contribution in [3.05, 3.63) is 76.5 Å². The van der Waals surface area contributed by atoms with Crippen LogP contribution in [0.2, 0.25) is 0 Å². The van der Waals surface area contributed by atoms with E-state index >= 15 is 0 Å². The summed E-state index contributed by atoms with van der Waals surface area (Å²) in [4.78, 5) is 8.75. The highest BCUT2D eigenvalue weighted by molar-refractivity contribution is 9.10. The summed E-state index contributed by atoms with van der Waals surface area (Å²) in [6, 6.07) is 14.1. The molecule has 1 aromatic carbocycles. The average molecular weight is 489 g/mol. The highest BCUT2D eigenvalue weighted by atomic mass is 79.9. The maximum Gasteiger partial charge on any atom is 0.170 e. The van der Waals surface area contributed by atoms with Crippen molar-refractivity contribution in [3.63, 3.8) is 0 Å². The van der Waals surface area contributed by atoms with Gasteiger partial charge < -0.3 is 19.5 Å². The number of pyridine rings is 1. The van der Waals surface area contributed by atoms with Crippen LogP contribution in [0.25, 0.3) is 11.3 Å². The van der Waals surface area contributed by atoms with Crippen LogP contribution in [0.3, 0.4) is 0 Å². The lowest BCUT2D eigenvalue weighted by atomic mass is 10.0. The predicted molar refractivity (Wildman–Crippen MR) is 123 cm³/mol. The molecular weight excluding hydrogens is 467 g/mol. The van der Waals surface area contributed by atoms with Gasteiger partial charge in [-0.3, -0.25) is 4.98 Å². The minimum atomic E-state index is -0.337. The van der Waals surface area contributed by atoms with Gasteiger partial charge in [-0.2, -0.15) is 0 Å². The number of thiocarbonyl (C=S) groups is 1. The fourth-order valence-corrected chi connectivity index (χ4v) is 4.27. The molecular formula is C22H22BrFN4OS. The second kappa shape index (κ2) is 8.83. The van der Waals surface area contributed by atoms with Crippen LogP contribution in [0.1, 0.15) is 23.5 Å². The maximum absolute atomic E-state index is 14.5. The summed E-state index contributed by atoms with van der Waals surface area (Å²) in [5, 5.41) is 4.05. The normalized spacial score (nSPS) is 18.8. The van der Waals surface area contributed by atoms with Crippen molar-refractivity contribution >= 4 is 33.3 Å². The summed E-state index contributed by atoms with van der Waals surface area (Å²) >= 11 is 8.94. The van der Waals surface area contributed by atoms with Crippen molar-refractivity contribution in [2.45, 2.75) is 12.1 Å². The number of nitrogens with one attached hydrogen (secondary N) is 1. The summed E-state index contributed by atoms with van der Waals surface area (Å²) in [6.45, 7) is 1.57. The Morgan fingerprint density at radius 2 is 2.07 bits per heavy atom. The van der Waals surface area contributed by atoms with Crippen LogP contribution in [0.15, 0.2) is 63.6 Å². The number of likely N-dealkylation sites (N-methyl/N-ethyl adjacent to an activating group) is 1. The summed E-state index contributed by atoms with van der Waals surface area (Å²) in [6.07, 6.45) is 1.77. The molecule has 0 bridgehead atoms. The van der Waals surface area contributed by atoms with Crippen LogP contribution in [0, 0.1) is 5.82 Å². The second-order valence-corrected chi connectivity index (χ2v) is 8.75. The van der Waals surface area contributed by atoms with Gasteiger partial charge in [-0.25, -0.2) is 4.39 Å². The lowest BCUT2D eigenvalue weighted by Crippen LogP contribution is -2.35. The third kappa shape index (κ3) is 4.26. The first-order valence-electron chi connectivity index (χ1n) is 9.62. The van der Waals surface area contributed by atoms with E-state index in [0.29, 0.717) is 26.7 Å². The predicted octanol–water partition coefficient (Wildman–Crippen LogP) is 4.78. The molecule has 2 aromatic heterocycles. The number of nitrogens with zero attached hydrogens (tertiary/aromatic N) is 3. The number of benzene rings is 1. The van der Waals surface area contributed by atoms with Crippen molar-refractivity contribution < 1.29 is 8.81 Å². The summed E-state index contributed by atoms with van der Waals surface area (Å²) < 4.78 is 21.3. The molecule has 3 aromatic rings. The molecule has 1 N–H and O–H groups in total. The van der Waals surface area contributed by atoms with Crippen molar-refractivity contribution in [2.24, 2.45) is 0 Å². The molecule has 0 spiro atoms. The minimum absolute atomic E-state index is 0.158. The van der Waals surface area contributed by atoms with Gasteiger partial charge in [0.1, 0.15) is 23.4 Å². The van der Waals surface area contributed by atoms with Gasteiger partial charge in [0.15, 0.2) is 5.11 Å². The van der Waals surface area contributed by atoms with Crippen LogP contribution in [-0.2, 0) is 0 Å². The van der Waals surface area contributed by atoms with Gasteiger partial charge in [0.05, 0.1) is 17.3 Å². The zero-order valence-electron chi connectivity index (χ0n) is 16.7. The number of hydrogen-bond donors (Lipinski definition) is 1. The Balaban J connectivity index is 1.71. The topological polar surface area (TPSA) is 44.5 Å². The van der Waals surface area contributed by atoms with Gasteiger partial charge >= 0.3 is 0 Å². The zero-order valence-corrected chi connectivity index (χ0v) is 19.1. The number of furan rings is 1. The third-order valence-electron chi connectivity index (χ3n) is 5.10. The number of hydrogen-bond acceptors (Lipinski definition) is 4. The molecule has 2 atom stereocenters. The molecule has 4 rings (SSSR count). The standard InChI is InChI=1S/C22H22BrFN4OS/c1-27(2)11-12-28-21(20(26-22(28)30)17-5-3-4-10-25-17)19-9-8-18(29-19)15-7-6-14(23)13-16(15)24/h3-10,13,20-21H,11-12H2,1-2H3,(H,26,30). The first kappa shape index (κ1) is 21.0. The molecule has 0 saturated carbocycles. The Kier molecular flexibility index (Phi) is 6.17.